The minimum atomic E-state index is -0.813. The fraction of sp³-hybridized carbons (Fsp3) is 0.286. The van der Waals surface area contributed by atoms with Gasteiger partial charge in [0.1, 0.15) is 5.75 Å². The number of hydrogen-bond donors (Lipinski definition) is 1. The lowest BCUT2D eigenvalue weighted by molar-refractivity contribution is -0.138. The summed E-state index contributed by atoms with van der Waals surface area (Å²) in [7, 11) is 1.31. The molecule has 0 spiro atoms. The quantitative estimate of drug-likeness (QED) is 0.226. The van der Waals surface area contributed by atoms with Crippen molar-refractivity contribution in [3.63, 3.8) is 0 Å². The number of benzene rings is 2. The summed E-state index contributed by atoms with van der Waals surface area (Å²) in [5, 5.41) is 0. The zero-order chi connectivity index (χ0) is 19.6. The third-order valence-corrected chi connectivity index (χ3v) is 3.92. The van der Waals surface area contributed by atoms with Crippen LogP contribution < -0.4 is 4.74 Å². The van der Waals surface area contributed by atoms with Crippen molar-refractivity contribution in [3.8, 4) is 16.9 Å². The van der Waals surface area contributed by atoms with E-state index >= 15 is 0 Å². The molecule has 0 aliphatic carbocycles. The Labute approximate surface area is 165 Å². The summed E-state index contributed by atoms with van der Waals surface area (Å²) >= 11 is 4.32. The second kappa shape index (κ2) is 10.8. The molecule has 0 saturated carbocycles. The van der Waals surface area contributed by atoms with Crippen molar-refractivity contribution in [2.45, 2.75) is 25.0 Å². The average molecular weight is 388 g/mol. The maximum absolute atomic E-state index is 11.8. The maximum Gasteiger partial charge on any atom is 0.334 e. The van der Waals surface area contributed by atoms with Gasteiger partial charge in [0.05, 0.1) is 13.2 Å². The molecule has 2 rings (SSSR count). The van der Waals surface area contributed by atoms with E-state index in [2.05, 4.69) is 12.6 Å². The molecule has 0 aromatic heterocycles. The van der Waals surface area contributed by atoms with Crippen LogP contribution in [0.15, 0.2) is 65.3 Å². The van der Waals surface area contributed by atoms with Crippen LogP contribution in [0.25, 0.3) is 11.1 Å². The topological polar surface area (TPSA) is 54.0 Å². The van der Waals surface area contributed by atoms with Gasteiger partial charge in [-0.3, -0.25) is 0 Å². The van der Waals surface area contributed by atoms with Gasteiger partial charge in [0.15, 0.2) is 5.76 Å². The molecule has 6 heteroatoms. The van der Waals surface area contributed by atoms with Crippen LogP contribution in [0.5, 0.6) is 5.75 Å². The number of carbonyl (C=O) groups excluding carboxylic acids is 1. The van der Waals surface area contributed by atoms with Gasteiger partial charge in [-0.25, -0.2) is 4.79 Å². The highest BCUT2D eigenvalue weighted by Gasteiger charge is 2.20. The van der Waals surface area contributed by atoms with Crippen LogP contribution in [-0.2, 0) is 19.0 Å². The molecule has 2 aromatic rings. The van der Waals surface area contributed by atoms with Crippen molar-refractivity contribution >= 4 is 18.6 Å². The van der Waals surface area contributed by atoms with Crippen molar-refractivity contribution in [1.29, 1.82) is 0 Å². The van der Waals surface area contributed by atoms with E-state index in [0.717, 1.165) is 16.0 Å². The van der Waals surface area contributed by atoms with E-state index in [4.69, 9.17) is 18.9 Å². The number of esters is 1. The Bertz CT molecular complexity index is 764. The molecule has 0 fully saturated rings. The van der Waals surface area contributed by atoms with Crippen molar-refractivity contribution in [2.75, 3.05) is 20.3 Å². The Balaban J connectivity index is 2.41. The fourth-order valence-electron chi connectivity index (χ4n) is 2.40. The van der Waals surface area contributed by atoms with Crippen LogP contribution in [0, 0.1) is 0 Å². The van der Waals surface area contributed by atoms with E-state index in [-0.39, 0.29) is 5.76 Å². The van der Waals surface area contributed by atoms with E-state index < -0.39 is 12.3 Å². The second-order valence-electron chi connectivity index (χ2n) is 5.46. The number of thiol groups is 1. The lowest BCUT2D eigenvalue weighted by Gasteiger charge is -2.21. The zero-order valence-electron chi connectivity index (χ0n) is 15.7. The first-order valence-electron chi connectivity index (χ1n) is 8.68. The van der Waals surface area contributed by atoms with Gasteiger partial charge in [0, 0.05) is 23.7 Å². The van der Waals surface area contributed by atoms with Gasteiger partial charge in [-0.1, -0.05) is 30.3 Å². The number of carbonyl (C=O) groups is 1. The first-order valence-corrected chi connectivity index (χ1v) is 9.12. The largest absolute Gasteiger partial charge is 0.466 e. The Morgan fingerprint density at radius 2 is 1.67 bits per heavy atom. The molecular formula is C21H24O5S. The normalized spacial score (nSPS) is 11.5. The minimum absolute atomic E-state index is 0.226. The van der Waals surface area contributed by atoms with Gasteiger partial charge >= 0.3 is 5.97 Å². The van der Waals surface area contributed by atoms with Gasteiger partial charge in [0.2, 0.25) is 6.29 Å². The summed E-state index contributed by atoms with van der Waals surface area (Å²) in [6, 6.07) is 15.3. The SMILES string of the molecule is CCOC(OCC)C(=CC(=O)OC)Oc1ccccc1-c1ccc(S)cc1. The lowest BCUT2D eigenvalue weighted by Crippen LogP contribution is -2.24. The molecule has 0 radical (unpaired) electrons. The number of methoxy groups -OCH3 is 1. The zero-order valence-corrected chi connectivity index (χ0v) is 16.6. The Kier molecular flexibility index (Phi) is 8.39. The molecule has 27 heavy (non-hydrogen) atoms. The van der Waals surface area contributed by atoms with E-state index in [0.29, 0.717) is 19.0 Å². The summed E-state index contributed by atoms with van der Waals surface area (Å²) < 4.78 is 22.0. The molecule has 0 aliphatic rings. The van der Waals surface area contributed by atoms with Gasteiger partial charge < -0.3 is 18.9 Å². The summed E-state index contributed by atoms with van der Waals surface area (Å²) in [6.07, 6.45) is 0.427. The number of para-hydroxylation sites is 1. The molecule has 0 N–H and O–H groups in total. The predicted octanol–water partition coefficient (Wildman–Crippen LogP) is 4.48. The molecule has 0 saturated heterocycles. The van der Waals surface area contributed by atoms with Crippen LogP contribution in [0.2, 0.25) is 0 Å². The number of rotatable bonds is 9. The Morgan fingerprint density at radius 1 is 1.04 bits per heavy atom. The van der Waals surface area contributed by atoms with Crippen LogP contribution in [-0.4, -0.2) is 32.6 Å². The van der Waals surface area contributed by atoms with Crippen molar-refractivity contribution in [3.05, 3.63) is 60.4 Å². The molecule has 0 amide bonds. The molecule has 144 valence electrons. The first kappa shape index (κ1) is 21.0. The van der Waals surface area contributed by atoms with Crippen LogP contribution in [0.3, 0.4) is 0 Å². The summed E-state index contributed by atoms with van der Waals surface area (Å²) in [6.45, 7) is 4.48. The van der Waals surface area contributed by atoms with Gasteiger partial charge in [-0.15, -0.1) is 12.6 Å². The fourth-order valence-corrected chi connectivity index (χ4v) is 2.55. The molecule has 0 atom stereocenters. The molecule has 2 aromatic carbocycles. The van der Waals surface area contributed by atoms with Crippen LogP contribution >= 0.6 is 12.6 Å². The molecule has 0 aliphatic heterocycles. The summed E-state index contributed by atoms with van der Waals surface area (Å²) in [5.41, 5.74) is 1.83. The highest BCUT2D eigenvalue weighted by atomic mass is 32.1. The minimum Gasteiger partial charge on any atom is -0.466 e. The Hall–Kier alpha value is -2.28. The highest BCUT2D eigenvalue weighted by Crippen LogP contribution is 2.32. The summed E-state index contributed by atoms with van der Waals surface area (Å²) in [5.74, 6) is 0.249. The van der Waals surface area contributed by atoms with Crippen molar-refractivity contribution < 1.29 is 23.7 Å². The average Bonchev–Trinajstić information content (AvgIpc) is 2.68. The van der Waals surface area contributed by atoms with Crippen LogP contribution in [0.1, 0.15) is 13.8 Å². The van der Waals surface area contributed by atoms with Gasteiger partial charge in [0.25, 0.3) is 0 Å². The molecule has 0 unspecified atom stereocenters. The second-order valence-corrected chi connectivity index (χ2v) is 5.97. The van der Waals surface area contributed by atoms with E-state index in [1.54, 1.807) is 0 Å². The van der Waals surface area contributed by atoms with Gasteiger partial charge in [-0.2, -0.15) is 0 Å². The smallest absolute Gasteiger partial charge is 0.334 e. The summed E-state index contributed by atoms with van der Waals surface area (Å²) in [4.78, 5) is 12.7. The standard InChI is InChI=1S/C21H24O5S/c1-4-24-21(25-5-2)19(14-20(22)23-3)26-18-9-7-6-8-17(18)15-10-12-16(27)13-11-15/h6-14,21,27H,4-5H2,1-3H3. The number of ether oxygens (including phenoxy) is 4. The third-order valence-electron chi connectivity index (χ3n) is 3.62. The van der Waals surface area contributed by atoms with Gasteiger partial charge in [-0.05, 0) is 37.6 Å². The van der Waals surface area contributed by atoms with E-state index in [1.165, 1.54) is 13.2 Å². The van der Waals surface area contributed by atoms with E-state index in [1.807, 2.05) is 62.4 Å². The predicted molar refractivity (Wildman–Crippen MR) is 107 cm³/mol. The third kappa shape index (κ3) is 6.13. The molecule has 0 bridgehead atoms. The van der Waals surface area contributed by atoms with Crippen molar-refractivity contribution in [1.82, 2.24) is 0 Å². The lowest BCUT2D eigenvalue weighted by atomic mass is 10.0. The van der Waals surface area contributed by atoms with Crippen molar-refractivity contribution in [2.24, 2.45) is 0 Å². The molecule has 5 nitrogen and oxygen atoms in total. The first-order chi connectivity index (χ1) is 13.1. The molecule has 0 heterocycles. The highest BCUT2D eigenvalue weighted by molar-refractivity contribution is 7.80. The van der Waals surface area contributed by atoms with E-state index in [9.17, 15) is 4.79 Å². The Morgan fingerprint density at radius 3 is 2.26 bits per heavy atom. The number of hydrogen-bond acceptors (Lipinski definition) is 6. The maximum atomic E-state index is 11.8. The monoisotopic (exact) mass is 388 g/mol. The molecular weight excluding hydrogens is 364 g/mol. The van der Waals surface area contributed by atoms with Crippen LogP contribution in [0.4, 0.5) is 0 Å².